The monoisotopic (exact) mass is 369 g/mol. The molecule has 1 aliphatic rings. The second kappa shape index (κ2) is 9.24. The number of hydrogen-bond donors (Lipinski definition) is 1. The van der Waals surface area contributed by atoms with Crippen molar-refractivity contribution >= 4 is 17.7 Å². The Kier molecular flexibility index (Phi) is 6.75. The average Bonchev–Trinajstić information content (AvgIpc) is 2.69. The summed E-state index contributed by atoms with van der Waals surface area (Å²) in [4.78, 5) is 17.6. The maximum Gasteiger partial charge on any atom is 0.231 e. The molecule has 2 aromatic rings. The fraction of sp³-hybridized carbons (Fsp3) is 0.409. The second-order valence-electron chi connectivity index (χ2n) is 7.25. The Bertz CT molecular complexity index is 702. The highest BCUT2D eigenvalue weighted by Crippen LogP contribution is 2.16. The van der Waals surface area contributed by atoms with Gasteiger partial charge in [0.25, 0.3) is 0 Å². The molecule has 0 radical (unpaired) electrons. The Balaban J connectivity index is 1.55. The molecule has 0 bridgehead atoms. The lowest BCUT2D eigenvalue weighted by atomic mass is 9.96. The van der Waals surface area contributed by atoms with Crippen LogP contribution in [-0.4, -0.2) is 37.2 Å². The lowest BCUT2D eigenvalue weighted by Crippen LogP contribution is -3.12. The summed E-state index contributed by atoms with van der Waals surface area (Å²) in [6.45, 7) is 3.82. The van der Waals surface area contributed by atoms with Crippen molar-refractivity contribution in [1.82, 2.24) is 4.90 Å². The van der Waals surface area contributed by atoms with E-state index in [1.807, 2.05) is 30.1 Å². The van der Waals surface area contributed by atoms with Gasteiger partial charge in [-0.2, -0.15) is 0 Å². The highest BCUT2D eigenvalue weighted by atomic mass is 32.2. The van der Waals surface area contributed by atoms with E-state index in [0.717, 1.165) is 32.5 Å². The van der Waals surface area contributed by atoms with Gasteiger partial charge < -0.3 is 9.80 Å². The molecule has 0 aromatic heterocycles. The van der Waals surface area contributed by atoms with E-state index < -0.39 is 0 Å². The molecule has 1 heterocycles. The molecule has 26 heavy (non-hydrogen) atoms. The number of benzene rings is 2. The van der Waals surface area contributed by atoms with Crippen LogP contribution < -0.4 is 4.90 Å². The van der Waals surface area contributed by atoms with Crippen LogP contribution in [0.3, 0.4) is 0 Å². The van der Waals surface area contributed by atoms with Gasteiger partial charge in [-0.1, -0.05) is 42.5 Å². The number of nitrogens with one attached hydrogen (secondary N) is 1. The van der Waals surface area contributed by atoms with Crippen molar-refractivity contribution in [2.75, 3.05) is 26.4 Å². The Morgan fingerprint density at radius 2 is 1.85 bits per heavy atom. The molecular weight excluding hydrogens is 340 g/mol. The second-order valence-corrected chi connectivity index (χ2v) is 8.13. The van der Waals surface area contributed by atoms with Gasteiger partial charge in [-0.25, -0.2) is 0 Å². The Morgan fingerprint density at radius 1 is 1.12 bits per heavy atom. The fourth-order valence-electron chi connectivity index (χ4n) is 3.80. The standard InChI is InChI=1S/C22H28N2OS/c1-23(15-18-7-4-3-5-8-18)22(25)20-9-6-14-24(17-20)16-19-10-12-21(26-2)13-11-19/h3-5,7-8,10-13,20H,6,9,14-17H2,1-2H3/p+1/t20-/m0/s1. The molecule has 1 N–H and O–H groups in total. The SMILES string of the molecule is CSc1ccc(C[NH+]2CCC[C@H](C(=O)N(C)Cc3ccccc3)C2)cc1. The molecule has 1 fully saturated rings. The van der Waals surface area contributed by atoms with Crippen LogP contribution in [0.2, 0.25) is 0 Å². The molecule has 2 atom stereocenters. The Morgan fingerprint density at radius 3 is 2.54 bits per heavy atom. The van der Waals surface area contributed by atoms with Crippen molar-refractivity contribution in [3.63, 3.8) is 0 Å². The highest BCUT2D eigenvalue weighted by molar-refractivity contribution is 7.98. The van der Waals surface area contributed by atoms with Crippen molar-refractivity contribution < 1.29 is 9.69 Å². The first kappa shape index (κ1) is 19.0. The fourth-order valence-corrected chi connectivity index (χ4v) is 4.21. The molecule has 3 rings (SSSR count). The number of amides is 1. The van der Waals surface area contributed by atoms with Crippen molar-refractivity contribution in [2.24, 2.45) is 5.92 Å². The summed E-state index contributed by atoms with van der Waals surface area (Å²) in [5.74, 6) is 0.446. The maximum absolute atomic E-state index is 12.9. The normalized spacial score (nSPS) is 19.9. The molecule has 1 unspecified atom stereocenters. The molecule has 0 aliphatic carbocycles. The zero-order valence-electron chi connectivity index (χ0n) is 15.8. The molecular formula is C22H29N2OS+. The summed E-state index contributed by atoms with van der Waals surface area (Å²) in [6, 6.07) is 19.1. The van der Waals surface area contributed by atoms with Crippen LogP contribution in [-0.2, 0) is 17.9 Å². The van der Waals surface area contributed by atoms with Gasteiger partial charge in [0.15, 0.2) is 0 Å². The van der Waals surface area contributed by atoms with Crippen LogP contribution in [0.25, 0.3) is 0 Å². The van der Waals surface area contributed by atoms with Gasteiger partial charge in [0, 0.05) is 24.1 Å². The summed E-state index contributed by atoms with van der Waals surface area (Å²) in [5, 5.41) is 0. The molecule has 3 nitrogen and oxygen atoms in total. The van der Waals surface area contributed by atoms with E-state index in [2.05, 4.69) is 42.7 Å². The number of likely N-dealkylation sites (tertiary alicyclic amines) is 1. The summed E-state index contributed by atoms with van der Waals surface area (Å²) < 4.78 is 0. The number of piperidine rings is 1. The third kappa shape index (κ3) is 5.12. The van der Waals surface area contributed by atoms with E-state index in [4.69, 9.17) is 0 Å². The van der Waals surface area contributed by atoms with E-state index in [9.17, 15) is 4.79 Å². The maximum atomic E-state index is 12.9. The van der Waals surface area contributed by atoms with Gasteiger partial charge in [0.05, 0.1) is 19.0 Å². The number of thioether (sulfide) groups is 1. The number of carbonyl (C=O) groups is 1. The first-order valence-corrected chi connectivity index (χ1v) is 10.6. The number of rotatable bonds is 6. The van der Waals surface area contributed by atoms with Gasteiger partial charge in [-0.15, -0.1) is 11.8 Å². The van der Waals surface area contributed by atoms with Crippen molar-refractivity contribution in [2.45, 2.75) is 30.8 Å². The van der Waals surface area contributed by atoms with E-state index in [1.165, 1.54) is 20.9 Å². The predicted octanol–water partition coefficient (Wildman–Crippen LogP) is 2.86. The van der Waals surface area contributed by atoms with Crippen LogP contribution in [0.15, 0.2) is 59.5 Å². The third-order valence-electron chi connectivity index (χ3n) is 5.22. The molecule has 0 saturated carbocycles. The molecule has 4 heteroatoms. The minimum Gasteiger partial charge on any atom is -0.341 e. The van der Waals surface area contributed by atoms with Crippen molar-refractivity contribution in [1.29, 1.82) is 0 Å². The third-order valence-corrected chi connectivity index (χ3v) is 5.96. The van der Waals surface area contributed by atoms with Crippen molar-refractivity contribution in [3.8, 4) is 0 Å². The van der Waals surface area contributed by atoms with E-state index in [-0.39, 0.29) is 5.92 Å². The highest BCUT2D eigenvalue weighted by Gasteiger charge is 2.30. The van der Waals surface area contributed by atoms with E-state index in [1.54, 1.807) is 11.8 Å². The zero-order valence-corrected chi connectivity index (χ0v) is 16.6. The van der Waals surface area contributed by atoms with Crippen molar-refractivity contribution in [3.05, 3.63) is 65.7 Å². The molecule has 0 spiro atoms. The van der Waals surface area contributed by atoms with E-state index >= 15 is 0 Å². The first-order valence-electron chi connectivity index (χ1n) is 9.41. The van der Waals surface area contributed by atoms with Gasteiger partial charge in [-0.05, 0) is 36.8 Å². The van der Waals surface area contributed by atoms with Gasteiger partial charge >= 0.3 is 0 Å². The zero-order chi connectivity index (χ0) is 18.4. The minimum absolute atomic E-state index is 0.151. The topological polar surface area (TPSA) is 24.8 Å². The molecule has 138 valence electrons. The summed E-state index contributed by atoms with van der Waals surface area (Å²) in [6.07, 6.45) is 4.26. The van der Waals surface area contributed by atoms with Crippen LogP contribution in [0.5, 0.6) is 0 Å². The van der Waals surface area contributed by atoms with Crippen LogP contribution in [0.1, 0.15) is 24.0 Å². The quantitative estimate of drug-likeness (QED) is 0.792. The van der Waals surface area contributed by atoms with E-state index in [0.29, 0.717) is 12.5 Å². The lowest BCUT2D eigenvalue weighted by molar-refractivity contribution is -0.921. The Labute approximate surface area is 161 Å². The van der Waals surface area contributed by atoms with Gasteiger partial charge in [0.1, 0.15) is 6.54 Å². The first-order chi connectivity index (χ1) is 12.7. The van der Waals surface area contributed by atoms with Gasteiger partial charge in [0.2, 0.25) is 5.91 Å². The molecule has 2 aromatic carbocycles. The molecule has 1 aliphatic heterocycles. The number of nitrogens with zero attached hydrogens (tertiary/aromatic N) is 1. The van der Waals surface area contributed by atoms with Crippen LogP contribution >= 0.6 is 11.8 Å². The predicted molar refractivity (Wildman–Crippen MR) is 108 cm³/mol. The van der Waals surface area contributed by atoms with Gasteiger partial charge in [-0.3, -0.25) is 4.79 Å². The average molecular weight is 370 g/mol. The summed E-state index contributed by atoms with van der Waals surface area (Å²) in [5.41, 5.74) is 2.56. The number of hydrogen-bond acceptors (Lipinski definition) is 2. The largest absolute Gasteiger partial charge is 0.341 e. The van der Waals surface area contributed by atoms with Crippen LogP contribution in [0.4, 0.5) is 0 Å². The number of quaternary nitrogens is 1. The molecule has 1 amide bonds. The summed E-state index contributed by atoms with van der Waals surface area (Å²) >= 11 is 1.77. The number of carbonyl (C=O) groups excluding carboxylic acids is 1. The lowest BCUT2D eigenvalue weighted by Gasteiger charge is -2.31. The Hall–Kier alpha value is -1.78. The molecule has 1 saturated heterocycles. The van der Waals surface area contributed by atoms with Crippen LogP contribution in [0, 0.1) is 5.92 Å². The minimum atomic E-state index is 0.151. The summed E-state index contributed by atoms with van der Waals surface area (Å²) in [7, 11) is 1.94. The smallest absolute Gasteiger partial charge is 0.231 e.